The Morgan fingerprint density at radius 2 is 1.35 bits per heavy atom. The molecule has 3 bridgehead atoms. The molecule has 0 spiro atoms. The molecule has 5 aromatic carbocycles. The molecule has 3 fully saturated rings. The third-order valence-corrected chi connectivity index (χ3v) is 12.3. The van der Waals surface area contributed by atoms with Gasteiger partial charge in [-0.1, -0.05) is 73.2 Å². The van der Waals surface area contributed by atoms with Gasteiger partial charge in [0.2, 0.25) is 0 Å². The first kappa shape index (κ1) is 27.6. The molecule has 0 N–H and O–H groups in total. The quantitative estimate of drug-likeness (QED) is 0.193. The summed E-state index contributed by atoms with van der Waals surface area (Å²) in [5.41, 5.74) is 7.39. The summed E-state index contributed by atoms with van der Waals surface area (Å²) < 4.78 is 8.74. The molecule has 5 nitrogen and oxygen atoms in total. The number of rotatable bonds is 4. The van der Waals surface area contributed by atoms with Gasteiger partial charge < -0.3 is 8.98 Å². The Hall–Kier alpha value is -5.29. The van der Waals surface area contributed by atoms with Gasteiger partial charge in [0.1, 0.15) is 17.0 Å². The molecule has 8 aromatic rings. The van der Waals surface area contributed by atoms with Crippen LogP contribution in [0, 0.1) is 17.8 Å². The smallest absolute Gasteiger partial charge is 0.163 e. The summed E-state index contributed by atoms with van der Waals surface area (Å²) in [6, 6.07) is 40.7. The van der Waals surface area contributed by atoms with Gasteiger partial charge in [0, 0.05) is 38.4 Å². The molecule has 238 valence electrons. The van der Waals surface area contributed by atoms with E-state index in [1.807, 2.05) is 6.07 Å². The van der Waals surface area contributed by atoms with Gasteiger partial charge in [0.05, 0.1) is 16.4 Å². The summed E-state index contributed by atoms with van der Waals surface area (Å²) in [7, 11) is 0. The number of aromatic nitrogens is 4. The normalized spacial score (nSPS) is 23.2. The van der Waals surface area contributed by atoms with Crippen molar-refractivity contribution in [1.29, 1.82) is 0 Å². The van der Waals surface area contributed by atoms with E-state index in [0.717, 1.165) is 74.0 Å². The van der Waals surface area contributed by atoms with Crippen LogP contribution in [0.2, 0.25) is 0 Å². The molecule has 0 radical (unpaired) electrons. The summed E-state index contributed by atoms with van der Waals surface area (Å²) in [6.45, 7) is 0. The predicted molar refractivity (Wildman–Crippen MR) is 197 cm³/mol. The summed E-state index contributed by atoms with van der Waals surface area (Å²) in [5, 5.41) is 4.73. The fraction of sp³-hybridized carbons (Fsp3) is 0.250. The second-order valence-electron chi connectivity index (χ2n) is 14.9. The SMILES string of the molecule is c1ccc(-c2nc(-c3ccc(-n4c5ccccc5c5ccc6oc7ccccc7c6c54)cc3)nc(C34CCC5CCC(CC5C3)C4)n2)cc1. The second kappa shape index (κ2) is 10.4. The van der Waals surface area contributed by atoms with Crippen molar-refractivity contribution in [3.8, 4) is 28.5 Å². The van der Waals surface area contributed by atoms with Crippen LogP contribution in [0.5, 0.6) is 0 Å². The van der Waals surface area contributed by atoms with E-state index >= 15 is 0 Å². The first-order valence-electron chi connectivity index (χ1n) is 18.0. The zero-order valence-corrected chi connectivity index (χ0v) is 27.3. The Labute approximate surface area is 284 Å². The van der Waals surface area contributed by atoms with Gasteiger partial charge in [0.25, 0.3) is 0 Å². The lowest BCUT2D eigenvalue weighted by Crippen LogP contribution is -2.47. The van der Waals surface area contributed by atoms with Crippen molar-refractivity contribution in [3.63, 3.8) is 0 Å². The third-order valence-electron chi connectivity index (χ3n) is 12.3. The minimum atomic E-state index is 0.0629. The molecule has 4 atom stereocenters. The van der Waals surface area contributed by atoms with E-state index in [0.29, 0.717) is 0 Å². The summed E-state index contributed by atoms with van der Waals surface area (Å²) in [5.74, 6) is 5.11. The molecule has 11 rings (SSSR count). The zero-order chi connectivity index (χ0) is 32.1. The molecule has 0 aliphatic heterocycles. The van der Waals surface area contributed by atoms with Crippen LogP contribution in [0.1, 0.15) is 50.8 Å². The summed E-state index contributed by atoms with van der Waals surface area (Å²) in [6.07, 6.45) is 9.16. The second-order valence-corrected chi connectivity index (χ2v) is 14.9. The van der Waals surface area contributed by atoms with E-state index < -0.39 is 0 Å². The van der Waals surface area contributed by atoms with E-state index in [9.17, 15) is 0 Å². The molecule has 4 unspecified atom stereocenters. The van der Waals surface area contributed by atoms with E-state index in [4.69, 9.17) is 19.4 Å². The van der Waals surface area contributed by atoms with Gasteiger partial charge >= 0.3 is 0 Å². The molecule has 3 aromatic heterocycles. The topological polar surface area (TPSA) is 56.7 Å². The Bertz CT molecular complexity index is 2560. The number of para-hydroxylation sites is 2. The molecule has 3 saturated carbocycles. The number of hydrogen-bond donors (Lipinski definition) is 0. The van der Waals surface area contributed by atoms with Crippen molar-refractivity contribution in [2.75, 3.05) is 0 Å². The van der Waals surface area contributed by atoms with Crippen molar-refractivity contribution in [3.05, 3.63) is 121 Å². The first-order chi connectivity index (χ1) is 24.2. The lowest BCUT2D eigenvalue weighted by molar-refractivity contribution is 0.00575. The van der Waals surface area contributed by atoms with Crippen LogP contribution in [0.15, 0.2) is 120 Å². The van der Waals surface area contributed by atoms with Crippen LogP contribution in [0.25, 0.3) is 72.2 Å². The minimum Gasteiger partial charge on any atom is -0.456 e. The highest BCUT2D eigenvalue weighted by Crippen LogP contribution is 2.58. The third kappa shape index (κ3) is 4.14. The zero-order valence-electron chi connectivity index (χ0n) is 27.3. The van der Waals surface area contributed by atoms with Crippen molar-refractivity contribution in [2.24, 2.45) is 17.8 Å². The van der Waals surface area contributed by atoms with Crippen LogP contribution in [-0.4, -0.2) is 19.5 Å². The largest absolute Gasteiger partial charge is 0.456 e. The standard InChI is InChI=1S/C44H36N4O/c1-2-8-29(9-3-1)41-45-42(47-43(46-41)44-23-22-28-15-14-27(25-44)24-31(28)26-44)30-16-18-32(19-17-30)48-36-12-6-4-10-33(36)34-20-21-38-39(40(34)48)35-11-5-7-13-37(35)49-38/h1-13,16-21,27-28,31H,14-15,22-26H2. The van der Waals surface area contributed by atoms with Crippen LogP contribution in [0.4, 0.5) is 0 Å². The lowest BCUT2D eigenvalue weighted by atomic mass is 9.51. The number of nitrogens with zero attached hydrogens (tertiary/aromatic N) is 4. The summed E-state index contributed by atoms with van der Waals surface area (Å²) >= 11 is 0. The van der Waals surface area contributed by atoms with Crippen molar-refractivity contribution >= 4 is 43.7 Å². The molecule has 5 heteroatoms. The highest BCUT2D eigenvalue weighted by atomic mass is 16.3. The van der Waals surface area contributed by atoms with E-state index in [-0.39, 0.29) is 5.41 Å². The number of fused-ring (bicyclic) bond motifs is 9. The fourth-order valence-electron chi connectivity index (χ4n) is 10.1. The number of furan rings is 1. The Morgan fingerprint density at radius 3 is 2.20 bits per heavy atom. The maximum atomic E-state index is 6.34. The van der Waals surface area contributed by atoms with Gasteiger partial charge in [-0.05, 0) is 105 Å². The highest BCUT2D eigenvalue weighted by molar-refractivity contribution is 6.24. The molecular formula is C44H36N4O. The van der Waals surface area contributed by atoms with Crippen LogP contribution >= 0.6 is 0 Å². The van der Waals surface area contributed by atoms with Crippen molar-refractivity contribution in [2.45, 2.75) is 50.4 Å². The van der Waals surface area contributed by atoms with E-state index in [1.54, 1.807) is 0 Å². The molecule has 49 heavy (non-hydrogen) atoms. The highest BCUT2D eigenvalue weighted by Gasteiger charge is 2.51. The Morgan fingerprint density at radius 1 is 0.592 bits per heavy atom. The maximum Gasteiger partial charge on any atom is 0.163 e. The van der Waals surface area contributed by atoms with Crippen molar-refractivity contribution in [1.82, 2.24) is 19.5 Å². The molecule has 0 amide bonds. The first-order valence-corrected chi connectivity index (χ1v) is 18.0. The van der Waals surface area contributed by atoms with Gasteiger partial charge in [-0.3, -0.25) is 0 Å². The minimum absolute atomic E-state index is 0.0629. The fourth-order valence-corrected chi connectivity index (χ4v) is 10.1. The van der Waals surface area contributed by atoms with Gasteiger partial charge in [0.15, 0.2) is 11.6 Å². The van der Waals surface area contributed by atoms with Gasteiger partial charge in [-0.25, -0.2) is 15.0 Å². The van der Waals surface area contributed by atoms with Crippen LogP contribution in [0.3, 0.4) is 0 Å². The number of benzene rings is 5. The number of hydrogen-bond acceptors (Lipinski definition) is 4. The predicted octanol–water partition coefficient (Wildman–Crippen LogP) is 11.1. The maximum absolute atomic E-state index is 6.34. The average molecular weight is 637 g/mol. The van der Waals surface area contributed by atoms with Gasteiger partial charge in [-0.15, -0.1) is 0 Å². The monoisotopic (exact) mass is 636 g/mol. The van der Waals surface area contributed by atoms with E-state index in [1.165, 1.54) is 66.8 Å². The van der Waals surface area contributed by atoms with E-state index in [2.05, 4.69) is 114 Å². The molecule has 0 saturated heterocycles. The molecular weight excluding hydrogens is 601 g/mol. The van der Waals surface area contributed by atoms with Crippen molar-refractivity contribution < 1.29 is 4.42 Å². The molecule has 3 aliphatic rings. The average Bonchev–Trinajstić information content (AvgIpc) is 3.70. The Balaban J connectivity index is 1.08. The molecule has 3 heterocycles. The summed E-state index contributed by atoms with van der Waals surface area (Å²) in [4.78, 5) is 15.8. The van der Waals surface area contributed by atoms with Gasteiger partial charge in [-0.2, -0.15) is 0 Å². The van der Waals surface area contributed by atoms with Crippen LogP contribution in [-0.2, 0) is 5.41 Å². The molecule has 3 aliphatic carbocycles. The van der Waals surface area contributed by atoms with Crippen LogP contribution < -0.4 is 0 Å². The lowest BCUT2D eigenvalue weighted by Gasteiger charge is -2.54. The Kier molecular flexibility index (Phi) is 5.84.